The van der Waals surface area contributed by atoms with Crippen molar-refractivity contribution in [2.75, 3.05) is 62.8 Å². The second-order valence-electron chi connectivity index (χ2n) is 8.23. The van der Waals surface area contributed by atoms with Gasteiger partial charge in [-0.2, -0.15) is 0 Å². The van der Waals surface area contributed by atoms with E-state index in [1.165, 1.54) is 11.3 Å². The lowest BCUT2D eigenvalue weighted by molar-refractivity contribution is -0.117. The fourth-order valence-electron chi connectivity index (χ4n) is 4.62. The summed E-state index contributed by atoms with van der Waals surface area (Å²) in [5.74, 6) is 1.63. The molecular weight excluding hydrogens is 394 g/mol. The molecule has 2 aromatic rings. The molecule has 164 valence electrons. The number of anilines is 2. The molecule has 2 fully saturated rings. The van der Waals surface area contributed by atoms with Crippen LogP contribution in [0.2, 0.25) is 0 Å². The van der Waals surface area contributed by atoms with Crippen LogP contribution in [-0.4, -0.2) is 63.4 Å². The Bertz CT molecular complexity index is 912. The largest absolute Gasteiger partial charge is 0.486 e. The Morgan fingerprint density at radius 2 is 1.71 bits per heavy atom. The summed E-state index contributed by atoms with van der Waals surface area (Å²) >= 11 is 0. The molecule has 1 N–H and O–H groups in total. The SMILES string of the molecule is O=C(CN1CCCC1c1ccc2c(c1)OCCO2)Nc1ccc(N2CCOCC2)cc1. The van der Waals surface area contributed by atoms with E-state index in [4.69, 9.17) is 14.2 Å². The summed E-state index contributed by atoms with van der Waals surface area (Å²) in [5, 5.41) is 3.05. The van der Waals surface area contributed by atoms with E-state index in [1.54, 1.807) is 0 Å². The van der Waals surface area contributed by atoms with Crippen molar-refractivity contribution >= 4 is 17.3 Å². The normalized spacial score (nSPS) is 21.2. The minimum Gasteiger partial charge on any atom is -0.486 e. The van der Waals surface area contributed by atoms with Gasteiger partial charge in [0.25, 0.3) is 0 Å². The maximum absolute atomic E-state index is 12.7. The molecule has 0 aliphatic carbocycles. The van der Waals surface area contributed by atoms with E-state index in [9.17, 15) is 4.79 Å². The molecule has 2 saturated heterocycles. The lowest BCUT2D eigenvalue weighted by Gasteiger charge is -2.29. The van der Waals surface area contributed by atoms with Gasteiger partial charge in [0.05, 0.1) is 19.8 Å². The number of likely N-dealkylation sites (tertiary alicyclic amines) is 1. The molecule has 2 aromatic carbocycles. The quantitative estimate of drug-likeness (QED) is 0.798. The molecule has 1 amide bonds. The van der Waals surface area contributed by atoms with Crippen molar-refractivity contribution in [2.45, 2.75) is 18.9 Å². The van der Waals surface area contributed by atoms with Crippen molar-refractivity contribution < 1.29 is 19.0 Å². The number of amides is 1. The first-order valence-corrected chi connectivity index (χ1v) is 11.1. The summed E-state index contributed by atoms with van der Waals surface area (Å²) in [6, 6.07) is 14.5. The molecule has 0 bridgehead atoms. The first-order chi connectivity index (χ1) is 15.3. The number of hydrogen-bond donors (Lipinski definition) is 1. The molecule has 3 aliphatic heterocycles. The number of benzene rings is 2. The Morgan fingerprint density at radius 1 is 0.935 bits per heavy atom. The van der Waals surface area contributed by atoms with Gasteiger partial charge in [-0.1, -0.05) is 6.07 Å². The highest BCUT2D eigenvalue weighted by atomic mass is 16.6. The van der Waals surface area contributed by atoms with E-state index < -0.39 is 0 Å². The van der Waals surface area contributed by atoms with Crippen LogP contribution in [0.25, 0.3) is 0 Å². The number of carbonyl (C=O) groups is 1. The average molecular weight is 424 g/mol. The molecule has 0 aromatic heterocycles. The van der Waals surface area contributed by atoms with Crippen molar-refractivity contribution in [1.29, 1.82) is 0 Å². The number of morpholine rings is 1. The van der Waals surface area contributed by atoms with Crippen molar-refractivity contribution in [3.05, 3.63) is 48.0 Å². The van der Waals surface area contributed by atoms with Gasteiger partial charge in [-0.05, 0) is 61.3 Å². The summed E-state index contributed by atoms with van der Waals surface area (Å²) in [5.41, 5.74) is 3.18. The topological polar surface area (TPSA) is 63.3 Å². The lowest BCUT2D eigenvalue weighted by atomic mass is 10.0. The Labute approximate surface area is 182 Å². The van der Waals surface area contributed by atoms with Crippen LogP contribution in [0.3, 0.4) is 0 Å². The second kappa shape index (κ2) is 9.16. The number of rotatable bonds is 5. The van der Waals surface area contributed by atoms with Crippen LogP contribution in [0.5, 0.6) is 11.5 Å². The van der Waals surface area contributed by atoms with Gasteiger partial charge in [-0.3, -0.25) is 9.69 Å². The maximum atomic E-state index is 12.7. The van der Waals surface area contributed by atoms with Gasteiger partial charge in [-0.15, -0.1) is 0 Å². The van der Waals surface area contributed by atoms with E-state index in [-0.39, 0.29) is 11.9 Å². The lowest BCUT2D eigenvalue weighted by Crippen LogP contribution is -2.36. The molecule has 3 aliphatic rings. The van der Waals surface area contributed by atoms with Crippen molar-refractivity contribution in [2.24, 2.45) is 0 Å². The Hall–Kier alpha value is -2.77. The van der Waals surface area contributed by atoms with E-state index in [0.29, 0.717) is 19.8 Å². The fourth-order valence-corrected chi connectivity index (χ4v) is 4.62. The van der Waals surface area contributed by atoms with Crippen LogP contribution in [0.1, 0.15) is 24.4 Å². The Morgan fingerprint density at radius 3 is 2.52 bits per heavy atom. The molecule has 0 spiro atoms. The van der Waals surface area contributed by atoms with Gasteiger partial charge in [0, 0.05) is 30.5 Å². The Kier molecular flexibility index (Phi) is 5.95. The fraction of sp³-hybridized carbons (Fsp3) is 0.458. The zero-order valence-electron chi connectivity index (χ0n) is 17.7. The molecule has 7 nitrogen and oxygen atoms in total. The number of fused-ring (bicyclic) bond motifs is 1. The van der Waals surface area contributed by atoms with Crippen LogP contribution in [0, 0.1) is 0 Å². The van der Waals surface area contributed by atoms with Gasteiger partial charge in [0.2, 0.25) is 5.91 Å². The number of nitrogens with one attached hydrogen (secondary N) is 1. The van der Waals surface area contributed by atoms with Crippen molar-refractivity contribution in [3.63, 3.8) is 0 Å². The third kappa shape index (κ3) is 4.62. The average Bonchev–Trinajstić information content (AvgIpc) is 3.27. The summed E-state index contributed by atoms with van der Waals surface area (Å²) in [7, 11) is 0. The van der Waals surface area contributed by atoms with E-state index in [1.807, 2.05) is 18.2 Å². The predicted octanol–water partition coefficient (Wildman–Crippen LogP) is 3.07. The molecule has 31 heavy (non-hydrogen) atoms. The summed E-state index contributed by atoms with van der Waals surface area (Å²) in [4.78, 5) is 17.3. The van der Waals surface area contributed by atoms with Crippen LogP contribution >= 0.6 is 0 Å². The molecular formula is C24H29N3O4. The van der Waals surface area contributed by atoms with Gasteiger partial charge in [0.1, 0.15) is 13.2 Å². The van der Waals surface area contributed by atoms with E-state index >= 15 is 0 Å². The molecule has 0 radical (unpaired) electrons. The summed E-state index contributed by atoms with van der Waals surface area (Å²) in [6.45, 7) is 5.81. The Balaban J connectivity index is 1.20. The van der Waals surface area contributed by atoms with Crippen LogP contribution in [0.4, 0.5) is 11.4 Å². The van der Waals surface area contributed by atoms with Gasteiger partial charge in [-0.25, -0.2) is 0 Å². The standard InChI is InChI=1S/C24H29N3O4/c28-24(25-19-4-6-20(7-5-19)26-10-12-29-13-11-26)17-27-9-1-2-21(27)18-3-8-22-23(16-18)31-15-14-30-22/h3-8,16,21H,1-2,9-15,17H2,(H,25,28). The molecule has 5 rings (SSSR count). The summed E-state index contributed by atoms with van der Waals surface area (Å²) < 4.78 is 16.8. The summed E-state index contributed by atoms with van der Waals surface area (Å²) in [6.07, 6.45) is 2.13. The zero-order chi connectivity index (χ0) is 21.0. The molecule has 3 heterocycles. The van der Waals surface area contributed by atoms with E-state index in [2.05, 4.69) is 39.4 Å². The number of carbonyl (C=O) groups excluding carboxylic acids is 1. The first-order valence-electron chi connectivity index (χ1n) is 11.1. The maximum Gasteiger partial charge on any atom is 0.238 e. The van der Waals surface area contributed by atoms with E-state index in [0.717, 1.165) is 62.9 Å². The van der Waals surface area contributed by atoms with Gasteiger partial charge >= 0.3 is 0 Å². The second-order valence-corrected chi connectivity index (χ2v) is 8.23. The van der Waals surface area contributed by atoms with Crippen molar-refractivity contribution in [3.8, 4) is 11.5 Å². The van der Waals surface area contributed by atoms with Gasteiger partial charge in [0.15, 0.2) is 11.5 Å². The van der Waals surface area contributed by atoms with Crippen LogP contribution < -0.4 is 19.7 Å². The third-order valence-electron chi connectivity index (χ3n) is 6.19. The number of ether oxygens (including phenoxy) is 3. The number of nitrogens with zero attached hydrogens (tertiary/aromatic N) is 2. The van der Waals surface area contributed by atoms with Crippen molar-refractivity contribution in [1.82, 2.24) is 4.90 Å². The van der Waals surface area contributed by atoms with Crippen LogP contribution in [-0.2, 0) is 9.53 Å². The predicted molar refractivity (Wildman–Crippen MR) is 119 cm³/mol. The first kappa shape index (κ1) is 20.2. The molecule has 1 unspecified atom stereocenters. The minimum absolute atomic E-state index is 0.0172. The third-order valence-corrected chi connectivity index (χ3v) is 6.19. The highest BCUT2D eigenvalue weighted by molar-refractivity contribution is 5.92. The highest BCUT2D eigenvalue weighted by Crippen LogP contribution is 2.38. The number of hydrogen-bond acceptors (Lipinski definition) is 6. The minimum atomic E-state index is 0.0172. The van der Waals surface area contributed by atoms with Gasteiger partial charge < -0.3 is 24.4 Å². The highest BCUT2D eigenvalue weighted by Gasteiger charge is 2.28. The van der Waals surface area contributed by atoms with Crippen LogP contribution in [0.15, 0.2) is 42.5 Å². The zero-order valence-corrected chi connectivity index (χ0v) is 17.7. The smallest absolute Gasteiger partial charge is 0.238 e. The molecule has 7 heteroatoms. The monoisotopic (exact) mass is 423 g/mol. The molecule has 1 atom stereocenters. The molecule has 0 saturated carbocycles.